The highest BCUT2D eigenvalue weighted by Crippen LogP contribution is 2.38. The number of carbonyl (C=O) groups excluding carboxylic acids is 1. The van der Waals surface area contributed by atoms with Gasteiger partial charge in [-0.25, -0.2) is 0 Å². The van der Waals surface area contributed by atoms with E-state index in [0.717, 1.165) is 116 Å². The summed E-state index contributed by atoms with van der Waals surface area (Å²) in [6.07, 6.45) is 67.5. The van der Waals surface area contributed by atoms with E-state index in [1.54, 1.807) is 6.08 Å². The molecule has 2 N–H and O–H groups in total. The Bertz CT molecular complexity index is 1450. The fraction of sp³-hybridized carbons (Fsp3) is 0.618. The van der Waals surface area contributed by atoms with Crippen LogP contribution in [0.1, 0.15) is 168 Å². The Morgan fingerprint density at radius 3 is 1.39 bits per heavy atom. The maximum Gasteiger partial charge on any atom is 0.268 e. The Morgan fingerprint density at radius 1 is 0.562 bits per heavy atom. The number of aliphatic hydroxyl groups excluding tert-OH is 1. The molecule has 0 fully saturated rings. The molecule has 0 saturated heterocycles. The molecule has 8 nitrogen and oxygen atoms in total. The molecule has 9 heteroatoms. The van der Waals surface area contributed by atoms with E-state index < -0.39 is 26.6 Å². The third-order valence-corrected chi connectivity index (χ3v) is 11.1. The van der Waals surface area contributed by atoms with E-state index in [1.807, 2.05) is 27.2 Å². The van der Waals surface area contributed by atoms with Crippen LogP contribution in [0.25, 0.3) is 0 Å². The van der Waals surface area contributed by atoms with Gasteiger partial charge in [0.1, 0.15) is 13.2 Å². The molecule has 0 bridgehead atoms. The average molecular weight is 909 g/mol. The fourth-order valence-corrected chi connectivity index (χ4v) is 6.98. The van der Waals surface area contributed by atoms with Crippen LogP contribution in [-0.2, 0) is 18.4 Å². The van der Waals surface area contributed by atoms with Crippen molar-refractivity contribution in [3.05, 3.63) is 122 Å². The van der Waals surface area contributed by atoms with E-state index in [-0.39, 0.29) is 12.5 Å². The quantitative estimate of drug-likeness (QED) is 0.0273. The number of unbranched alkanes of at least 4 members (excludes halogenated alkanes) is 12. The van der Waals surface area contributed by atoms with Crippen molar-refractivity contribution >= 4 is 13.7 Å². The molecule has 0 spiro atoms. The molecule has 0 aliphatic rings. The Kier molecular flexibility index (Phi) is 42.9. The summed E-state index contributed by atoms with van der Waals surface area (Å²) in [7, 11) is 1.23. The van der Waals surface area contributed by atoms with Gasteiger partial charge < -0.3 is 28.8 Å². The maximum atomic E-state index is 12.8. The SMILES string of the molecule is CC/C=C\C/C=C\C/C=C\C/C=C\C/C=C\C/C=C\C/C=C\C/C=C\C/C=C\CCCCCCCCCCCC(=O)NC(COP(=O)([O-])OCC[N+](C)(C)C)C(O)/C=C/CCCCC. The first kappa shape index (κ1) is 60.9. The highest BCUT2D eigenvalue weighted by atomic mass is 31.2. The molecule has 0 radical (unpaired) electrons. The lowest BCUT2D eigenvalue weighted by Gasteiger charge is -2.29. The van der Waals surface area contributed by atoms with Crippen LogP contribution in [0.3, 0.4) is 0 Å². The smallest absolute Gasteiger partial charge is 0.268 e. The molecule has 64 heavy (non-hydrogen) atoms. The molecule has 0 saturated carbocycles. The van der Waals surface area contributed by atoms with Gasteiger partial charge in [-0.05, 0) is 89.9 Å². The summed E-state index contributed by atoms with van der Waals surface area (Å²) in [4.78, 5) is 25.1. The molecule has 0 aromatic carbocycles. The Hall–Kier alpha value is -3.10. The molecule has 0 rings (SSSR count). The Labute approximate surface area is 393 Å². The minimum Gasteiger partial charge on any atom is -0.756 e. The predicted molar refractivity (Wildman–Crippen MR) is 274 cm³/mol. The zero-order valence-electron chi connectivity index (χ0n) is 41.2. The minimum absolute atomic E-state index is 0.00932. The van der Waals surface area contributed by atoms with Crippen molar-refractivity contribution in [1.29, 1.82) is 0 Å². The summed E-state index contributed by atoms with van der Waals surface area (Å²) in [5.74, 6) is -0.218. The van der Waals surface area contributed by atoms with E-state index in [1.165, 1.54) is 32.1 Å². The minimum atomic E-state index is -4.58. The van der Waals surface area contributed by atoms with Crippen LogP contribution in [0.2, 0.25) is 0 Å². The molecular weight excluding hydrogens is 816 g/mol. The van der Waals surface area contributed by atoms with Gasteiger partial charge in [-0.3, -0.25) is 9.36 Å². The van der Waals surface area contributed by atoms with Crippen molar-refractivity contribution in [2.45, 2.75) is 180 Å². The van der Waals surface area contributed by atoms with E-state index in [0.29, 0.717) is 17.4 Å². The van der Waals surface area contributed by atoms with Crippen LogP contribution < -0.4 is 10.2 Å². The number of quaternary nitrogens is 1. The van der Waals surface area contributed by atoms with Crippen molar-refractivity contribution in [2.24, 2.45) is 0 Å². The van der Waals surface area contributed by atoms with Gasteiger partial charge in [0.05, 0.1) is 39.9 Å². The number of hydrogen-bond donors (Lipinski definition) is 2. The topological polar surface area (TPSA) is 108 Å². The van der Waals surface area contributed by atoms with Gasteiger partial charge in [-0.2, -0.15) is 0 Å². The number of phosphoric ester groups is 1. The number of nitrogens with one attached hydrogen (secondary N) is 1. The molecule has 1 amide bonds. The van der Waals surface area contributed by atoms with Crippen LogP contribution >= 0.6 is 7.82 Å². The second-order valence-electron chi connectivity index (χ2n) is 17.4. The zero-order chi connectivity index (χ0) is 47.1. The van der Waals surface area contributed by atoms with Crippen LogP contribution in [0, 0.1) is 0 Å². The van der Waals surface area contributed by atoms with Gasteiger partial charge in [0, 0.05) is 6.42 Å². The van der Waals surface area contributed by atoms with Crippen molar-refractivity contribution in [2.75, 3.05) is 40.9 Å². The Morgan fingerprint density at radius 2 is 0.953 bits per heavy atom. The molecule has 3 unspecified atom stereocenters. The summed E-state index contributed by atoms with van der Waals surface area (Å²) in [5, 5.41) is 13.6. The number of likely N-dealkylation sites (N-methyl/N-ethyl adjacent to an activating group) is 1. The van der Waals surface area contributed by atoms with Crippen LogP contribution in [0.5, 0.6) is 0 Å². The first-order chi connectivity index (χ1) is 31.0. The second-order valence-corrected chi connectivity index (χ2v) is 18.8. The van der Waals surface area contributed by atoms with Gasteiger partial charge in [0.25, 0.3) is 7.82 Å². The number of carbonyl (C=O) groups is 1. The standard InChI is InChI=1S/C55H93N2O6P/c1-6-8-10-12-13-14-15-16-17-18-19-20-21-22-23-24-25-26-27-28-29-30-31-32-33-34-35-36-37-38-39-40-41-42-43-45-47-49-55(59)56-53(54(58)48-46-44-11-9-7-2)52-63-64(60,61)62-51-50-57(3,4)5/h8,10,13-14,16-17,19-20,22-23,25-26,28-29,31-32,34-35,46,48,53-54,58H,6-7,9,11-12,15,18,21,24,27,30,33,36-45,47,49-52H2,1-5H3,(H-,56,59,60,61)/b10-8-,14-13-,17-16-,20-19-,23-22-,26-25-,29-28-,32-31-,35-34-,48-46+. The normalized spacial score (nSPS) is 15.2. The predicted octanol–water partition coefficient (Wildman–Crippen LogP) is 14.0. The summed E-state index contributed by atoms with van der Waals surface area (Å²) < 4.78 is 23.0. The van der Waals surface area contributed by atoms with E-state index >= 15 is 0 Å². The molecule has 364 valence electrons. The molecule has 0 aromatic heterocycles. The summed E-state index contributed by atoms with van der Waals surface area (Å²) >= 11 is 0. The fourth-order valence-electron chi connectivity index (χ4n) is 6.26. The number of allylic oxidation sites excluding steroid dienone is 19. The number of amides is 1. The van der Waals surface area contributed by atoms with Gasteiger partial charge in [-0.1, -0.05) is 193 Å². The van der Waals surface area contributed by atoms with Crippen molar-refractivity contribution < 1.29 is 32.9 Å². The molecule has 0 aliphatic carbocycles. The van der Waals surface area contributed by atoms with Crippen LogP contribution in [0.4, 0.5) is 0 Å². The van der Waals surface area contributed by atoms with Gasteiger partial charge >= 0.3 is 0 Å². The number of nitrogens with zero attached hydrogens (tertiary/aromatic N) is 1. The third-order valence-electron chi connectivity index (χ3n) is 10.2. The summed E-state index contributed by atoms with van der Waals surface area (Å²) in [5.41, 5.74) is 0. The highest BCUT2D eigenvalue weighted by Gasteiger charge is 2.23. The van der Waals surface area contributed by atoms with E-state index in [9.17, 15) is 19.4 Å². The first-order valence-corrected chi connectivity index (χ1v) is 26.4. The second kappa shape index (κ2) is 45.1. The molecule has 0 aliphatic heterocycles. The maximum absolute atomic E-state index is 12.8. The van der Waals surface area contributed by atoms with E-state index in [2.05, 4.69) is 129 Å². The number of phosphoric acid groups is 1. The van der Waals surface area contributed by atoms with Crippen LogP contribution in [-0.4, -0.2) is 68.5 Å². The molecule has 3 atom stereocenters. The third kappa shape index (κ3) is 46.9. The number of rotatable bonds is 43. The lowest BCUT2D eigenvalue weighted by atomic mass is 10.1. The monoisotopic (exact) mass is 909 g/mol. The molecule has 0 heterocycles. The summed E-state index contributed by atoms with van der Waals surface area (Å²) in [6, 6.07) is -0.893. The van der Waals surface area contributed by atoms with Crippen LogP contribution in [0.15, 0.2) is 122 Å². The average Bonchev–Trinajstić information content (AvgIpc) is 3.25. The van der Waals surface area contributed by atoms with E-state index in [4.69, 9.17) is 9.05 Å². The first-order valence-electron chi connectivity index (χ1n) is 24.9. The molecular formula is C55H93N2O6P. The van der Waals surface area contributed by atoms with Gasteiger partial charge in [-0.15, -0.1) is 0 Å². The Balaban J connectivity index is 3.97. The summed E-state index contributed by atoms with van der Waals surface area (Å²) in [6.45, 7) is 4.38. The lowest BCUT2D eigenvalue weighted by Crippen LogP contribution is -2.45. The largest absolute Gasteiger partial charge is 0.756 e. The van der Waals surface area contributed by atoms with Crippen molar-refractivity contribution in [3.63, 3.8) is 0 Å². The lowest BCUT2D eigenvalue weighted by molar-refractivity contribution is -0.870. The molecule has 0 aromatic rings. The van der Waals surface area contributed by atoms with Gasteiger partial charge in [0.15, 0.2) is 0 Å². The highest BCUT2D eigenvalue weighted by molar-refractivity contribution is 7.45. The number of aliphatic hydroxyl groups is 1. The van der Waals surface area contributed by atoms with Crippen molar-refractivity contribution in [3.8, 4) is 0 Å². The number of hydrogen-bond acceptors (Lipinski definition) is 6. The van der Waals surface area contributed by atoms with Gasteiger partial charge in [0.2, 0.25) is 5.91 Å². The van der Waals surface area contributed by atoms with Crippen molar-refractivity contribution in [1.82, 2.24) is 5.32 Å². The zero-order valence-corrected chi connectivity index (χ0v) is 42.1.